The molecule has 0 N–H and O–H groups in total. The molecule has 0 aliphatic carbocycles. The number of aromatic nitrogens is 3. The lowest BCUT2D eigenvalue weighted by Gasteiger charge is -2.35. The minimum atomic E-state index is -0.251. The van der Waals surface area contributed by atoms with E-state index in [1.54, 1.807) is 23.7 Å². The third-order valence-corrected chi connectivity index (χ3v) is 8.35. The lowest BCUT2D eigenvalue weighted by atomic mass is 10.1. The highest BCUT2D eigenvalue weighted by atomic mass is 19.1. The van der Waals surface area contributed by atoms with E-state index in [9.17, 15) is 9.18 Å². The average Bonchev–Trinajstić information content (AvgIpc) is 3.48. The molecule has 0 spiro atoms. The molecule has 44 heavy (non-hydrogen) atoms. The van der Waals surface area contributed by atoms with Gasteiger partial charge in [0.1, 0.15) is 30.5 Å². The van der Waals surface area contributed by atoms with Crippen molar-refractivity contribution in [2.45, 2.75) is 20.4 Å². The Hall–Kier alpha value is -4.28. The molecular weight excluding hydrogens is 559 g/mol. The lowest BCUT2D eigenvalue weighted by Crippen LogP contribution is -2.50. The first-order chi connectivity index (χ1) is 21.4. The summed E-state index contributed by atoms with van der Waals surface area (Å²) in [6, 6.07) is 18.9. The number of benzene rings is 2. The van der Waals surface area contributed by atoms with Gasteiger partial charge in [-0.05, 0) is 49.2 Å². The van der Waals surface area contributed by atoms with Crippen LogP contribution in [-0.4, -0.2) is 96.1 Å². The Balaban J connectivity index is 1.10. The fraction of sp³-hybridized carbons (Fsp3) is 0.382. The van der Waals surface area contributed by atoms with Crippen LogP contribution in [0.3, 0.4) is 0 Å². The molecule has 9 nitrogen and oxygen atoms in total. The van der Waals surface area contributed by atoms with Crippen molar-refractivity contribution in [1.29, 1.82) is 0 Å². The Morgan fingerprint density at radius 3 is 2.43 bits per heavy atom. The highest BCUT2D eigenvalue weighted by molar-refractivity contribution is 5.78. The van der Waals surface area contributed by atoms with Gasteiger partial charge in [-0.15, -0.1) is 0 Å². The summed E-state index contributed by atoms with van der Waals surface area (Å²) in [5, 5.41) is 4.80. The van der Waals surface area contributed by atoms with Crippen molar-refractivity contribution >= 4 is 11.7 Å². The summed E-state index contributed by atoms with van der Waals surface area (Å²) in [7, 11) is 0. The van der Waals surface area contributed by atoms with Gasteiger partial charge in [0.2, 0.25) is 5.91 Å². The van der Waals surface area contributed by atoms with Gasteiger partial charge in [-0.2, -0.15) is 5.10 Å². The number of rotatable bonds is 9. The first-order valence-electron chi connectivity index (χ1n) is 15.3. The largest absolute Gasteiger partial charge is 0.492 e. The number of halogens is 1. The van der Waals surface area contributed by atoms with Gasteiger partial charge in [-0.3, -0.25) is 14.4 Å². The Kier molecular flexibility index (Phi) is 9.18. The summed E-state index contributed by atoms with van der Waals surface area (Å²) in [4.78, 5) is 24.7. The predicted octanol–water partition coefficient (Wildman–Crippen LogP) is 4.43. The zero-order valence-electron chi connectivity index (χ0n) is 25.4. The Morgan fingerprint density at radius 1 is 0.909 bits per heavy atom. The number of pyridine rings is 1. The van der Waals surface area contributed by atoms with E-state index in [-0.39, 0.29) is 18.3 Å². The van der Waals surface area contributed by atoms with Gasteiger partial charge in [-0.1, -0.05) is 30.3 Å². The molecule has 2 fully saturated rings. The monoisotopic (exact) mass is 598 g/mol. The van der Waals surface area contributed by atoms with Gasteiger partial charge in [0, 0.05) is 69.2 Å². The second kappa shape index (κ2) is 13.6. The maximum atomic E-state index is 13.9. The summed E-state index contributed by atoms with van der Waals surface area (Å²) in [6.07, 6.45) is 1.86. The fourth-order valence-corrected chi connectivity index (χ4v) is 5.67. The fourth-order valence-electron chi connectivity index (χ4n) is 5.67. The molecule has 4 aromatic rings. The number of hydrogen-bond donors (Lipinski definition) is 0. The standard InChI is InChI=1S/C34H39FN6O3/c1-25-20-28(8-9-29(25)35)30-21-31(27-6-4-3-5-7-27)41(37-30)24-34(42)40-12-10-39(11-13-40)33-22-32(26(2)23-36-33)44-19-16-38-14-17-43-18-15-38/h3-9,20-23H,10-19,24H2,1-2H3. The van der Waals surface area contributed by atoms with Crippen LogP contribution in [0.5, 0.6) is 5.75 Å². The molecule has 230 valence electrons. The SMILES string of the molecule is Cc1cc(-c2cc(-c3ccccc3)n(CC(=O)N3CCN(c4cc(OCCN5CCOCC5)c(C)cn4)CC3)n2)ccc1F. The van der Waals surface area contributed by atoms with Crippen molar-refractivity contribution in [2.75, 3.05) is 70.5 Å². The Morgan fingerprint density at radius 2 is 1.68 bits per heavy atom. The molecular formula is C34H39FN6O3. The predicted molar refractivity (Wildman–Crippen MR) is 168 cm³/mol. The van der Waals surface area contributed by atoms with Gasteiger partial charge in [0.15, 0.2) is 0 Å². The molecule has 2 aliphatic rings. The van der Waals surface area contributed by atoms with E-state index >= 15 is 0 Å². The maximum absolute atomic E-state index is 13.9. The first-order valence-corrected chi connectivity index (χ1v) is 15.3. The normalized spacial score (nSPS) is 15.9. The Bertz CT molecular complexity index is 1580. The number of piperazine rings is 1. The number of ether oxygens (including phenoxy) is 2. The summed E-state index contributed by atoms with van der Waals surface area (Å²) < 4.78 is 27.3. The zero-order chi connectivity index (χ0) is 30.5. The number of aryl methyl sites for hydroxylation is 2. The van der Waals surface area contributed by atoms with Crippen LogP contribution in [-0.2, 0) is 16.1 Å². The van der Waals surface area contributed by atoms with Crippen molar-refractivity contribution in [1.82, 2.24) is 24.6 Å². The van der Waals surface area contributed by atoms with E-state index in [0.29, 0.717) is 44.0 Å². The van der Waals surface area contributed by atoms with E-state index in [0.717, 1.165) is 66.8 Å². The highest BCUT2D eigenvalue weighted by Gasteiger charge is 2.24. The van der Waals surface area contributed by atoms with Crippen molar-refractivity contribution in [3.8, 4) is 28.3 Å². The number of amides is 1. The van der Waals surface area contributed by atoms with E-state index < -0.39 is 0 Å². The number of hydrogen-bond acceptors (Lipinski definition) is 7. The highest BCUT2D eigenvalue weighted by Crippen LogP contribution is 2.28. The molecule has 10 heteroatoms. The van der Waals surface area contributed by atoms with E-state index in [1.165, 1.54) is 6.07 Å². The number of nitrogens with zero attached hydrogens (tertiary/aromatic N) is 6. The maximum Gasteiger partial charge on any atom is 0.244 e. The van der Waals surface area contributed by atoms with Crippen molar-refractivity contribution in [3.63, 3.8) is 0 Å². The summed E-state index contributed by atoms with van der Waals surface area (Å²) >= 11 is 0. The topological polar surface area (TPSA) is 76.0 Å². The van der Waals surface area contributed by atoms with Crippen LogP contribution in [0.25, 0.3) is 22.5 Å². The molecule has 1 amide bonds. The molecule has 2 aliphatic heterocycles. The van der Waals surface area contributed by atoms with Gasteiger partial charge in [-0.25, -0.2) is 9.37 Å². The van der Waals surface area contributed by atoms with Gasteiger partial charge < -0.3 is 19.3 Å². The van der Waals surface area contributed by atoms with Gasteiger partial charge in [0.25, 0.3) is 0 Å². The number of carbonyl (C=O) groups is 1. The molecule has 6 rings (SSSR count). The molecule has 0 atom stereocenters. The summed E-state index contributed by atoms with van der Waals surface area (Å²) in [6.45, 7) is 11.3. The quantitative estimate of drug-likeness (QED) is 0.282. The molecule has 2 aromatic heterocycles. The smallest absolute Gasteiger partial charge is 0.244 e. The van der Waals surface area contributed by atoms with Gasteiger partial charge in [0.05, 0.1) is 24.6 Å². The van der Waals surface area contributed by atoms with Crippen molar-refractivity contribution in [3.05, 3.63) is 83.8 Å². The second-order valence-electron chi connectivity index (χ2n) is 11.4. The molecule has 0 bridgehead atoms. The Labute approximate surface area is 257 Å². The third kappa shape index (κ3) is 6.92. The number of morpholine rings is 1. The summed E-state index contributed by atoms with van der Waals surface area (Å²) in [5.41, 5.74) is 4.90. The van der Waals surface area contributed by atoms with E-state index in [2.05, 4.69) is 14.8 Å². The van der Waals surface area contributed by atoms with Crippen molar-refractivity contribution in [2.24, 2.45) is 0 Å². The number of carbonyl (C=O) groups excluding carboxylic acids is 1. The second-order valence-corrected chi connectivity index (χ2v) is 11.4. The van der Waals surface area contributed by atoms with Crippen LogP contribution in [0.4, 0.5) is 10.2 Å². The van der Waals surface area contributed by atoms with E-state index in [1.807, 2.05) is 60.5 Å². The molecule has 2 aromatic carbocycles. The van der Waals surface area contributed by atoms with Gasteiger partial charge >= 0.3 is 0 Å². The molecule has 0 radical (unpaired) electrons. The molecule has 2 saturated heterocycles. The third-order valence-electron chi connectivity index (χ3n) is 8.35. The van der Waals surface area contributed by atoms with E-state index in [4.69, 9.17) is 14.6 Å². The van der Waals surface area contributed by atoms with Crippen LogP contribution in [0, 0.1) is 19.7 Å². The average molecular weight is 599 g/mol. The van der Waals surface area contributed by atoms with Crippen LogP contribution >= 0.6 is 0 Å². The lowest BCUT2D eigenvalue weighted by molar-refractivity contribution is -0.132. The number of anilines is 1. The van der Waals surface area contributed by atoms with Crippen LogP contribution in [0.1, 0.15) is 11.1 Å². The minimum Gasteiger partial charge on any atom is -0.492 e. The first kappa shape index (κ1) is 29.8. The van der Waals surface area contributed by atoms with Crippen molar-refractivity contribution < 1.29 is 18.7 Å². The van der Waals surface area contributed by atoms with Crippen LogP contribution in [0.2, 0.25) is 0 Å². The minimum absolute atomic E-state index is 0.00997. The molecule has 0 saturated carbocycles. The summed E-state index contributed by atoms with van der Waals surface area (Å²) in [5.74, 6) is 1.47. The van der Waals surface area contributed by atoms with Crippen LogP contribution in [0.15, 0.2) is 66.9 Å². The molecule has 0 unspecified atom stereocenters. The van der Waals surface area contributed by atoms with Crippen LogP contribution < -0.4 is 9.64 Å². The molecule has 4 heterocycles. The zero-order valence-corrected chi connectivity index (χ0v) is 25.4.